The second-order valence-electron chi connectivity index (χ2n) is 11.2. The maximum atomic E-state index is 12.7. The first-order valence-electron chi connectivity index (χ1n) is 11.9. The van der Waals surface area contributed by atoms with Crippen molar-refractivity contribution in [3.8, 4) is 0 Å². The summed E-state index contributed by atoms with van der Waals surface area (Å²) in [5.74, 6) is -2.35. The monoisotopic (exact) mass is 502 g/mol. The Morgan fingerprint density at radius 1 is 0.714 bits per heavy atom. The number of rotatable bonds is 14. The van der Waals surface area contributed by atoms with Crippen molar-refractivity contribution in [2.24, 2.45) is 5.41 Å². The summed E-state index contributed by atoms with van der Waals surface area (Å²) in [4.78, 5) is 36.5. The minimum Gasteiger partial charge on any atom is -0.462 e. The van der Waals surface area contributed by atoms with Crippen LogP contribution in [0.15, 0.2) is 12.2 Å². The third-order valence-electron chi connectivity index (χ3n) is 4.46. The number of carbonyl (C=O) groups excluding carboxylic acids is 3. The maximum absolute atomic E-state index is 12.7. The number of ether oxygens (including phenoxy) is 6. The molecule has 0 spiro atoms. The first kappa shape index (κ1) is 33.0. The Kier molecular flexibility index (Phi) is 13.2. The molecule has 0 heterocycles. The summed E-state index contributed by atoms with van der Waals surface area (Å²) >= 11 is 0. The van der Waals surface area contributed by atoms with E-state index in [0.29, 0.717) is 0 Å². The van der Waals surface area contributed by atoms with E-state index in [1.807, 2.05) is 55.4 Å². The van der Waals surface area contributed by atoms with E-state index < -0.39 is 46.7 Å². The summed E-state index contributed by atoms with van der Waals surface area (Å²) in [6.07, 6.45) is -2.48. The molecule has 0 aromatic carbocycles. The molecule has 0 aliphatic carbocycles. The molecule has 0 saturated heterocycles. The van der Waals surface area contributed by atoms with Gasteiger partial charge in [-0.2, -0.15) is 0 Å². The van der Waals surface area contributed by atoms with E-state index in [0.717, 1.165) is 0 Å². The molecule has 0 bridgehead atoms. The van der Waals surface area contributed by atoms with Crippen LogP contribution in [0.25, 0.3) is 0 Å². The maximum Gasteiger partial charge on any atom is 0.348 e. The van der Waals surface area contributed by atoms with Crippen molar-refractivity contribution in [3.05, 3.63) is 12.2 Å². The number of hydrogen-bond donors (Lipinski definition) is 0. The Morgan fingerprint density at radius 3 is 1.57 bits per heavy atom. The van der Waals surface area contributed by atoms with Crippen molar-refractivity contribution < 1.29 is 42.8 Å². The highest BCUT2D eigenvalue weighted by atomic mass is 16.6. The first-order chi connectivity index (χ1) is 15.8. The summed E-state index contributed by atoms with van der Waals surface area (Å²) in [6, 6.07) is 0. The molecule has 0 saturated carbocycles. The zero-order valence-electron chi connectivity index (χ0n) is 23.4. The summed E-state index contributed by atoms with van der Waals surface area (Å²) in [5.41, 5.74) is -1.52. The molecule has 0 aliphatic heterocycles. The first-order valence-corrected chi connectivity index (χ1v) is 11.9. The van der Waals surface area contributed by atoms with Gasteiger partial charge in [0.05, 0.1) is 42.5 Å². The molecule has 204 valence electrons. The lowest BCUT2D eigenvalue weighted by atomic mass is 9.91. The molecule has 0 aromatic heterocycles. The second kappa shape index (κ2) is 13.9. The SMILES string of the molecule is C=C(C)C(=O)OC(C)C(=O)OC(C)C(=O)OCC(COC(C)C)(COC(C)(C)C)COC(C)(C)C. The van der Waals surface area contributed by atoms with Crippen LogP contribution in [-0.2, 0) is 42.8 Å². The smallest absolute Gasteiger partial charge is 0.348 e. The van der Waals surface area contributed by atoms with Crippen LogP contribution in [0.4, 0.5) is 0 Å². The third-order valence-corrected chi connectivity index (χ3v) is 4.46. The van der Waals surface area contributed by atoms with Crippen LogP contribution in [-0.4, -0.2) is 73.8 Å². The highest BCUT2D eigenvalue weighted by Crippen LogP contribution is 2.26. The molecule has 9 nitrogen and oxygen atoms in total. The van der Waals surface area contributed by atoms with E-state index in [1.54, 1.807) is 0 Å². The Labute approximate surface area is 210 Å². The van der Waals surface area contributed by atoms with E-state index in [4.69, 9.17) is 28.4 Å². The fraction of sp³-hybridized carbons (Fsp3) is 0.808. The van der Waals surface area contributed by atoms with Gasteiger partial charge >= 0.3 is 17.9 Å². The molecule has 0 N–H and O–H groups in total. The average Bonchev–Trinajstić information content (AvgIpc) is 2.70. The molecule has 9 heteroatoms. The Hall–Kier alpha value is -1.97. The lowest BCUT2D eigenvalue weighted by Crippen LogP contribution is -2.47. The van der Waals surface area contributed by atoms with Crippen molar-refractivity contribution in [3.63, 3.8) is 0 Å². The van der Waals surface area contributed by atoms with Gasteiger partial charge in [-0.3, -0.25) is 0 Å². The largest absolute Gasteiger partial charge is 0.462 e. The fourth-order valence-electron chi connectivity index (χ4n) is 2.30. The highest BCUT2D eigenvalue weighted by molar-refractivity contribution is 5.89. The van der Waals surface area contributed by atoms with Gasteiger partial charge in [0.15, 0.2) is 12.2 Å². The Bertz CT molecular complexity index is 695. The predicted molar refractivity (Wildman–Crippen MR) is 132 cm³/mol. The molecule has 0 amide bonds. The van der Waals surface area contributed by atoms with Crippen molar-refractivity contribution in [2.75, 3.05) is 26.4 Å². The van der Waals surface area contributed by atoms with E-state index >= 15 is 0 Å². The fourth-order valence-corrected chi connectivity index (χ4v) is 2.30. The molecular weight excluding hydrogens is 456 g/mol. The van der Waals surface area contributed by atoms with Gasteiger partial charge in [-0.25, -0.2) is 14.4 Å². The lowest BCUT2D eigenvalue weighted by molar-refractivity contribution is -0.185. The lowest BCUT2D eigenvalue weighted by Gasteiger charge is -2.37. The van der Waals surface area contributed by atoms with Gasteiger partial charge < -0.3 is 28.4 Å². The average molecular weight is 503 g/mol. The molecule has 35 heavy (non-hydrogen) atoms. The van der Waals surface area contributed by atoms with E-state index in [9.17, 15) is 14.4 Å². The molecule has 0 fully saturated rings. The Balaban J connectivity index is 5.41. The topological polar surface area (TPSA) is 107 Å². The predicted octanol–water partition coefficient (Wildman–Crippen LogP) is 4.01. The van der Waals surface area contributed by atoms with Gasteiger partial charge in [0, 0.05) is 5.57 Å². The third kappa shape index (κ3) is 14.9. The number of carbonyl (C=O) groups is 3. The quantitative estimate of drug-likeness (QED) is 0.198. The van der Waals surface area contributed by atoms with E-state index in [2.05, 4.69) is 6.58 Å². The van der Waals surface area contributed by atoms with Crippen molar-refractivity contribution in [2.45, 2.75) is 106 Å². The van der Waals surface area contributed by atoms with E-state index in [-0.39, 0.29) is 38.1 Å². The summed E-state index contributed by atoms with van der Waals surface area (Å²) in [6.45, 7) is 23.7. The van der Waals surface area contributed by atoms with Crippen LogP contribution in [0.1, 0.15) is 76.2 Å². The molecule has 2 unspecified atom stereocenters. The normalized spacial score (nSPS) is 14.3. The molecule has 0 radical (unpaired) electrons. The highest BCUT2D eigenvalue weighted by Gasteiger charge is 2.38. The van der Waals surface area contributed by atoms with Gasteiger partial charge in [-0.15, -0.1) is 0 Å². The van der Waals surface area contributed by atoms with Crippen LogP contribution in [0, 0.1) is 5.41 Å². The van der Waals surface area contributed by atoms with Crippen LogP contribution in [0.5, 0.6) is 0 Å². The van der Waals surface area contributed by atoms with Gasteiger partial charge in [-0.1, -0.05) is 6.58 Å². The molecule has 0 rings (SSSR count). The second-order valence-corrected chi connectivity index (χ2v) is 11.2. The minimum atomic E-state index is -1.22. The Morgan fingerprint density at radius 2 is 1.17 bits per heavy atom. The van der Waals surface area contributed by atoms with Gasteiger partial charge in [-0.05, 0) is 76.2 Å². The van der Waals surface area contributed by atoms with Gasteiger partial charge in [0.25, 0.3) is 0 Å². The van der Waals surface area contributed by atoms with Crippen LogP contribution < -0.4 is 0 Å². The zero-order valence-corrected chi connectivity index (χ0v) is 23.4. The standard InChI is InChI=1S/C26H46O9/c1-17(2)21(27)34-20(6)23(29)35-19(5)22(28)31-14-26(13-30-18(3)4,15-32-24(7,8)9)16-33-25(10,11)12/h18-20H,1,13-16H2,2-12H3. The summed E-state index contributed by atoms with van der Waals surface area (Å²) < 4.78 is 33.6. The molecule has 0 aliphatic rings. The van der Waals surface area contributed by atoms with Gasteiger partial charge in [0.1, 0.15) is 6.61 Å². The molecule has 0 aromatic rings. The molecular formula is C26H46O9. The van der Waals surface area contributed by atoms with E-state index in [1.165, 1.54) is 20.8 Å². The van der Waals surface area contributed by atoms with Crippen LogP contribution in [0.2, 0.25) is 0 Å². The molecule has 2 atom stereocenters. The van der Waals surface area contributed by atoms with Gasteiger partial charge in [0.2, 0.25) is 0 Å². The van der Waals surface area contributed by atoms with Crippen LogP contribution in [0.3, 0.4) is 0 Å². The number of hydrogen-bond acceptors (Lipinski definition) is 9. The van der Waals surface area contributed by atoms with Crippen molar-refractivity contribution in [1.82, 2.24) is 0 Å². The van der Waals surface area contributed by atoms with Crippen molar-refractivity contribution in [1.29, 1.82) is 0 Å². The minimum absolute atomic E-state index is 0.0578. The number of esters is 3. The van der Waals surface area contributed by atoms with Crippen LogP contribution >= 0.6 is 0 Å². The zero-order chi connectivity index (χ0) is 27.6. The summed E-state index contributed by atoms with van der Waals surface area (Å²) in [5, 5.41) is 0. The van der Waals surface area contributed by atoms with Crippen molar-refractivity contribution >= 4 is 17.9 Å². The summed E-state index contributed by atoms with van der Waals surface area (Å²) in [7, 11) is 0.